The first-order valence-corrected chi connectivity index (χ1v) is 28.6. The standard InChI is InChI=1S/C57H104O14/c1-3-5-7-9-11-13-15-17-18-19-20-21-22-23-24-25-26-27-29-31-33-35-37-39-41-66-43-46(69-49(59)40-38-36-34-32-30-28-16-14-12-10-8-6-4-2)44-67-56-55(65)53(63)51(61)48(71-56)45-68-57-54(64)52(62)50(60)47(42-58)70-57/h14-17,19-20,46-48,50-58,60-65H,3-13,18,21-45H2,1-2H3/b16-14-,17-15-,20-19-. The van der Waals surface area contributed by atoms with Crippen molar-refractivity contribution in [3.63, 3.8) is 0 Å². The van der Waals surface area contributed by atoms with Gasteiger partial charge in [0, 0.05) is 13.0 Å². The minimum absolute atomic E-state index is 0.0587. The molecule has 0 saturated carbocycles. The van der Waals surface area contributed by atoms with Crippen LogP contribution < -0.4 is 0 Å². The van der Waals surface area contributed by atoms with Crippen LogP contribution >= 0.6 is 0 Å². The van der Waals surface area contributed by atoms with Gasteiger partial charge in [-0.15, -0.1) is 0 Å². The van der Waals surface area contributed by atoms with Crippen molar-refractivity contribution < 1.29 is 69.0 Å². The molecule has 11 atom stereocenters. The molecule has 0 aliphatic carbocycles. The van der Waals surface area contributed by atoms with E-state index in [0.29, 0.717) is 13.0 Å². The highest BCUT2D eigenvalue weighted by atomic mass is 16.7. The molecule has 11 unspecified atom stereocenters. The molecule has 71 heavy (non-hydrogen) atoms. The molecule has 0 aromatic rings. The zero-order valence-electron chi connectivity index (χ0n) is 44.5. The number of allylic oxidation sites excluding steroid dienone is 6. The van der Waals surface area contributed by atoms with Crippen molar-refractivity contribution in [1.82, 2.24) is 0 Å². The average Bonchev–Trinajstić information content (AvgIpc) is 3.37. The molecule has 2 heterocycles. The van der Waals surface area contributed by atoms with Crippen LogP contribution in [0.15, 0.2) is 36.5 Å². The Balaban J connectivity index is 1.69. The number of aliphatic hydroxyl groups is 7. The van der Waals surface area contributed by atoms with Crippen LogP contribution in [-0.2, 0) is 33.2 Å². The van der Waals surface area contributed by atoms with E-state index >= 15 is 0 Å². The number of esters is 1. The van der Waals surface area contributed by atoms with Crippen molar-refractivity contribution in [2.75, 3.05) is 33.0 Å². The lowest BCUT2D eigenvalue weighted by Crippen LogP contribution is -2.61. The molecule has 7 N–H and O–H groups in total. The summed E-state index contributed by atoms with van der Waals surface area (Å²) in [5.41, 5.74) is 0. The summed E-state index contributed by atoms with van der Waals surface area (Å²) >= 11 is 0. The molecule has 2 saturated heterocycles. The van der Waals surface area contributed by atoms with Crippen LogP contribution in [-0.4, -0.2) is 142 Å². The van der Waals surface area contributed by atoms with Crippen LogP contribution in [0.25, 0.3) is 0 Å². The Labute approximate surface area is 429 Å². The maximum Gasteiger partial charge on any atom is 0.306 e. The van der Waals surface area contributed by atoms with Crippen molar-refractivity contribution >= 4 is 5.97 Å². The molecule has 0 aromatic carbocycles. The maximum atomic E-state index is 13.0. The molecule has 14 nitrogen and oxygen atoms in total. The number of rotatable bonds is 46. The largest absolute Gasteiger partial charge is 0.457 e. The fourth-order valence-electron chi connectivity index (χ4n) is 8.96. The zero-order valence-corrected chi connectivity index (χ0v) is 44.5. The maximum absolute atomic E-state index is 13.0. The molecule has 0 amide bonds. The summed E-state index contributed by atoms with van der Waals surface area (Å²) in [6, 6.07) is 0. The van der Waals surface area contributed by atoms with Gasteiger partial charge in [0.15, 0.2) is 12.6 Å². The lowest BCUT2D eigenvalue weighted by Gasteiger charge is -2.42. The third kappa shape index (κ3) is 31.6. The van der Waals surface area contributed by atoms with Crippen LogP contribution in [0.1, 0.15) is 219 Å². The van der Waals surface area contributed by atoms with Gasteiger partial charge in [-0.05, 0) is 70.6 Å². The molecule has 416 valence electrons. The summed E-state index contributed by atoms with van der Waals surface area (Å²) in [5, 5.41) is 72.2. The van der Waals surface area contributed by atoms with Gasteiger partial charge in [0.1, 0.15) is 54.9 Å². The summed E-state index contributed by atoms with van der Waals surface area (Å²) in [6.07, 6.45) is 35.0. The second-order valence-electron chi connectivity index (χ2n) is 20.1. The monoisotopic (exact) mass is 1010 g/mol. The Kier molecular flexibility index (Phi) is 40.9. The molecule has 2 rings (SSSR count). The van der Waals surface area contributed by atoms with Crippen LogP contribution in [0.5, 0.6) is 0 Å². The van der Waals surface area contributed by atoms with Crippen molar-refractivity contribution in [2.45, 2.75) is 287 Å². The first-order valence-electron chi connectivity index (χ1n) is 28.6. The molecule has 2 aliphatic heterocycles. The first-order chi connectivity index (χ1) is 34.6. The van der Waals surface area contributed by atoms with Crippen molar-refractivity contribution in [3.8, 4) is 0 Å². The molecular formula is C57H104O14. The summed E-state index contributed by atoms with van der Waals surface area (Å²) in [7, 11) is 0. The number of aliphatic hydroxyl groups excluding tert-OH is 7. The normalized spacial score (nSPS) is 25.5. The van der Waals surface area contributed by atoms with E-state index < -0.39 is 80.7 Å². The fourth-order valence-corrected chi connectivity index (χ4v) is 8.96. The van der Waals surface area contributed by atoms with E-state index in [2.05, 4.69) is 50.3 Å². The van der Waals surface area contributed by atoms with Gasteiger partial charge in [0.05, 0.1) is 26.4 Å². The molecule has 14 heteroatoms. The first kappa shape index (κ1) is 65.3. The van der Waals surface area contributed by atoms with Crippen LogP contribution in [0, 0.1) is 0 Å². The van der Waals surface area contributed by atoms with E-state index in [4.69, 9.17) is 28.4 Å². The smallest absolute Gasteiger partial charge is 0.306 e. The zero-order chi connectivity index (χ0) is 51.6. The van der Waals surface area contributed by atoms with Gasteiger partial charge >= 0.3 is 5.97 Å². The highest BCUT2D eigenvalue weighted by molar-refractivity contribution is 5.69. The Bertz CT molecular complexity index is 1310. The van der Waals surface area contributed by atoms with Gasteiger partial charge in [-0.1, -0.05) is 179 Å². The Morgan fingerprint density at radius 3 is 1.38 bits per heavy atom. The third-order valence-corrected chi connectivity index (χ3v) is 13.6. The van der Waals surface area contributed by atoms with Gasteiger partial charge < -0.3 is 64.2 Å². The van der Waals surface area contributed by atoms with Crippen molar-refractivity contribution in [1.29, 1.82) is 0 Å². The summed E-state index contributed by atoms with van der Waals surface area (Å²) in [4.78, 5) is 13.0. The number of hydrogen-bond donors (Lipinski definition) is 7. The number of carbonyl (C=O) groups is 1. The van der Waals surface area contributed by atoms with E-state index in [9.17, 15) is 40.5 Å². The highest BCUT2D eigenvalue weighted by Crippen LogP contribution is 2.26. The second kappa shape index (κ2) is 44.5. The quantitative estimate of drug-likeness (QED) is 0.0172. The number of carbonyl (C=O) groups excluding carboxylic acids is 1. The van der Waals surface area contributed by atoms with Crippen LogP contribution in [0.2, 0.25) is 0 Å². The summed E-state index contributed by atoms with van der Waals surface area (Å²) in [5.74, 6) is -0.384. The minimum atomic E-state index is -1.71. The molecular weight excluding hydrogens is 909 g/mol. The van der Waals surface area contributed by atoms with E-state index in [0.717, 1.165) is 64.2 Å². The Morgan fingerprint density at radius 1 is 0.465 bits per heavy atom. The Hall–Kier alpha value is -1.79. The van der Waals surface area contributed by atoms with E-state index in [1.54, 1.807) is 0 Å². The van der Waals surface area contributed by atoms with E-state index in [1.807, 2.05) is 0 Å². The molecule has 0 bridgehead atoms. The minimum Gasteiger partial charge on any atom is -0.457 e. The second-order valence-corrected chi connectivity index (χ2v) is 20.1. The van der Waals surface area contributed by atoms with Crippen molar-refractivity contribution in [2.24, 2.45) is 0 Å². The predicted octanol–water partition coefficient (Wildman–Crippen LogP) is 9.75. The predicted molar refractivity (Wildman–Crippen MR) is 280 cm³/mol. The lowest BCUT2D eigenvalue weighted by molar-refractivity contribution is -0.332. The fraction of sp³-hybridized carbons (Fsp3) is 0.877. The number of ether oxygens (including phenoxy) is 6. The lowest BCUT2D eigenvalue weighted by atomic mass is 9.98. The van der Waals surface area contributed by atoms with Crippen LogP contribution in [0.3, 0.4) is 0 Å². The highest BCUT2D eigenvalue weighted by Gasteiger charge is 2.47. The van der Waals surface area contributed by atoms with Crippen LogP contribution in [0.4, 0.5) is 0 Å². The van der Waals surface area contributed by atoms with Gasteiger partial charge in [0.25, 0.3) is 0 Å². The van der Waals surface area contributed by atoms with Crippen molar-refractivity contribution in [3.05, 3.63) is 36.5 Å². The number of hydrogen-bond acceptors (Lipinski definition) is 14. The number of unbranched alkanes of at least 4 members (excludes halogenated alkanes) is 26. The average molecular weight is 1010 g/mol. The molecule has 0 spiro atoms. The molecule has 0 aromatic heterocycles. The third-order valence-electron chi connectivity index (χ3n) is 13.6. The Morgan fingerprint density at radius 2 is 0.873 bits per heavy atom. The molecule has 2 fully saturated rings. The summed E-state index contributed by atoms with van der Waals surface area (Å²) < 4.78 is 34.3. The van der Waals surface area contributed by atoms with Gasteiger partial charge in [-0.3, -0.25) is 4.79 Å². The van der Waals surface area contributed by atoms with Gasteiger partial charge in [-0.2, -0.15) is 0 Å². The topological polar surface area (TPSA) is 214 Å². The SMILES string of the molecule is CCCCCC/C=C\CCCCCCCC(=O)OC(COCCCCCCCCCCCCCC/C=C\C/C=C\CCCCCCC)COC1OC(COC2OC(CO)C(O)C(O)C2O)C(O)C(O)C1O. The van der Waals surface area contributed by atoms with Gasteiger partial charge in [0.2, 0.25) is 0 Å². The van der Waals surface area contributed by atoms with Gasteiger partial charge in [-0.25, -0.2) is 0 Å². The van der Waals surface area contributed by atoms with E-state index in [-0.39, 0.29) is 25.6 Å². The molecule has 2 aliphatic rings. The van der Waals surface area contributed by atoms with E-state index in [1.165, 1.54) is 128 Å². The summed E-state index contributed by atoms with van der Waals surface area (Å²) in [6.45, 7) is 3.67. The molecule has 0 radical (unpaired) electrons.